The molecule has 3 aliphatic heterocycles. The van der Waals surface area contributed by atoms with Crippen LogP contribution in [0.3, 0.4) is 0 Å². The number of hydrogen-bond donors (Lipinski definition) is 2. The third-order valence-electron chi connectivity index (χ3n) is 8.43. The summed E-state index contributed by atoms with van der Waals surface area (Å²) in [5.74, 6) is -0.565. The van der Waals surface area contributed by atoms with E-state index in [9.17, 15) is 9.59 Å². The summed E-state index contributed by atoms with van der Waals surface area (Å²) in [6.07, 6.45) is 6.69. The molecule has 0 unspecified atom stereocenters. The van der Waals surface area contributed by atoms with Crippen LogP contribution in [0.25, 0.3) is 0 Å². The van der Waals surface area contributed by atoms with Crippen molar-refractivity contribution in [3.8, 4) is 0 Å². The number of aromatic nitrogens is 3. The lowest BCUT2D eigenvalue weighted by atomic mass is 9.82. The minimum absolute atomic E-state index is 0.00624. The van der Waals surface area contributed by atoms with E-state index in [0.29, 0.717) is 49.3 Å². The molecule has 0 saturated carbocycles. The second kappa shape index (κ2) is 10.5. The molecule has 2 N–H and O–H groups in total. The SMILES string of the molecule is C[C@@H]1[C@@H]([Si](C)(C)F)[C@H](CCn2cc(CCO)nn2)O[C@@]12C(=O)Nc1ccc(N3CCCCCCC3=O)cc12. The van der Waals surface area contributed by atoms with Crippen molar-refractivity contribution in [3.05, 3.63) is 35.7 Å². The van der Waals surface area contributed by atoms with E-state index in [-0.39, 0.29) is 24.3 Å². The van der Waals surface area contributed by atoms with Gasteiger partial charge in [-0.05, 0) is 50.6 Å². The number of benzene rings is 1. The van der Waals surface area contributed by atoms with Gasteiger partial charge in [0.2, 0.25) is 14.3 Å². The largest absolute Gasteiger partial charge is 0.396 e. The van der Waals surface area contributed by atoms with Gasteiger partial charge in [0.05, 0.1) is 11.8 Å². The normalized spacial score (nSPS) is 27.9. The van der Waals surface area contributed by atoms with Crippen molar-refractivity contribution < 1.29 is 23.5 Å². The molecule has 2 saturated heterocycles. The van der Waals surface area contributed by atoms with Crippen molar-refractivity contribution in [1.29, 1.82) is 0 Å². The first-order chi connectivity index (χ1) is 18.1. The zero-order chi connectivity index (χ0) is 27.1. The number of nitrogens with zero attached hydrogens (tertiary/aromatic N) is 4. The minimum Gasteiger partial charge on any atom is -0.396 e. The van der Waals surface area contributed by atoms with E-state index in [1.807, 2.05) is 30.0 Å². The van der Waals surface area contributed by atoms with Crippen molar-refractivity contribution in [2.24, 2.45) is 5.92 Å². The highest BCUT2D eigenvalue weighted by atomic mass is 28.4. The van der Waals surface area contributed by atoms with E-state index < -0.39 is 25.7 Å². The molecule has 0 aliphatic carbocycles. The molecule has 38 heavy (non-hydrogen) atoms. The monoisotopic (exact) mass is 543 g/mol. The van der Waals surface area contributed by atoms with Gasteiger partial charge < -0.3 is 24.2 Å². The van der Waals surface area contributed by atoms with Gasteiger partial charge in [0, 0.05) is 67.1 Å². The van der Waals surface area contributed by atoms with Crippen LogP contribution in [0, 0.1) is 5.92 Å². The van der Waals surface area contributed by atoms with Crippen LogP contribution in [0.2, 0.25) is 18.6 Å². The summed E-state index contributed by atoms with van der Waals surface area (Å²) >= 11 is 0. The molecule has 206 valence electrons. The van der Waals surface area contributed by atoms with Crippen LogP contribution in [-0.2, 0) is 32.9 Å². The molecule has 2 aromatic rings. The summed E-state index contributed by atoms with van der Waals surface area (Å²) < 4.78 is 24.2. The van der Waals surface area contributed by atoms with Crippen molar-refractivity contribution in [1.82, 2.24) is 15.0 Å². The number of anilines is 2. The minimum atomic E-state index is -3.26. The molecule has 2 fully saturated rings. The number of carbonyl (C=O) groups is 2. The van der Waals surface area contributed by atoms with E-state index >= 15 is 4.11 Å². The number of amides is 2. The van der Waals surface area contributed by atoms with Gasteiger partial charge >= 0.3 is 0 Å². The second-order valence-corrected chi connectivity index (χ2v) is 15.2. The Labute approximate surface area is 223 Å². The van der Waals surface area contributed by atoms with Crippen molar-refractivity contribution in [2.75, 3.05) is 23.4 Å². The Morgan fingerprint density at radius 2 is 2.03 bits per heavy atom. The molecule has 11 heteroatoms. The lowest BCUT2D eigenvalue weighted by Crippen LogP contribution is -2.42. The molecule has 2 amide bonds. The average Bonchev–Trinajstić information content (AvgIpc) is 3.50. The number of rotatable bonds is 7. The van der Waals surface area contributed by atoms with Crippen molar-refractivity contribution in [3.63, 3.8) is 0 Å². The van der Waals surface area contributed by atoms with Gasteiger partial charge in [-0.2, -0.15) is 0 Å². The fraction of sp³-hybridized carbons (Fsp3) is 0.630. The Morgan fingerprint density at radius 3 is 2.79 bits per heavy atom. The first kappa shape index (κ1) is 27.0. The number of aryl methyl sites for hydroxylation is 1. The zero-order valence-electron chi connectivity index (χ0n) is 22.5. The predicted octanol–water partition coefficient (Wildman–Crippen LogP) is 3.93. The molecule has 1 spiro atoms. The third-order valence-corrected chi connectivity index (χ3v) is 10.9. The maximum atomic E-state index is 15.9. The highest BCUT2D eigenvalue weighted by Crippen LogP contribution is 2.59. The van der Waals surface area contributed by atoms with Crippen molar-refractivity contribution in [2.45, 2.75) is 88.8 Å². The molecule has 0 bridgehead atoms. The molecule has 4 heterocycles. The Morgan fingerprint density at radius 1 is 1.24 bits per heavy atom. The smallest absolute Gasteiger partial charge is 0.261 e. The summed E-state index contributed by atoms with van der Waals surface area (Å²) in [5, 5.41) is 20.3. The second-order valence-electron chi connectivity index (χ2n) is 11.4. The summed E-state index contributed by atoms with van der Waals surface area (Å²) in [6.45, 7) is 6.39. The summed E-state index contributed by atoms with van der Waals surface area (Å²) in [4.78, 5) is 28.4. The van der Waals surface area contributed by atoms with Gasteiger partial charge in [-0.25, -0.2) is 0 Å². The fourth-order valence-corrected chi connectivity index (χ4v) is 9.20. The van der Waals surface area contributed by atoms with Gasteiger partial charge in [0.1, 0.15) is 0 Å². The van der Waals surface area contributed by atoms with E-state index in [0.717, 1.165) is 31.4 Å². The molecule has 5 rings (SSSR count). The van der Waals surface area contributed by atoms with Gasteiger partial charge in [-0.3, -0.25) is 14.3 Å². The maximum absolute atomic E-state index is 15.9. The lowest BCUT2D eigenvalue weighted by Gasteiger charge is -2.31. The summed E-state index contributed by atoms with van der Waals surface area (Å²) in [6, 6.07) is 5.64. The molecule has 4 atom stereocenters. The first-order valence-corrected chi connectivity index (χ1v) is 16.7. The summed E-state index contributed by atoms with van der Waals surface area (Å²) in [7, 11) is -3.26. The maximum Gasteiger partial charge on any atom is 0.261 e. The van der Waals surface area contributed by atoms with Crippen LogP contribution >= 0.6 is 0 Å². The van der Waals surface area contributed by atoms with E-state index in [2.05, 4.69) is 15.6 Å². The first-order valence-electron chi connectivity index (χ1n) is 13.8. The molecule has 3 aliphatic rings. The molecular formula is C27H38FN5O4Si. The zero-order valence-corrected chi connectivity index (χ0v) is 23.5. The van der Waals surface area contributed by atoms with Crippen LogP contribution in [0.15, 0.2) is 24.4 Å². The Kier molecular flexibility index (Phi) is 7.45. The van der Waals surface area contributed by atoms with Crippen LogP contribution in [0.5, 0.6) is 0 Å². The van der Waals surface area contributed by atoms with Crippen molar-refractivity contribution >= 4 is 31.6 Å². The van der Waals surface area contributed by atoms with Gasteiger partial charge in [0.25, 0.3) is 5.91 Å². The highest BCUT2D eigenvalue weighted by molar-refractivity contribution is 6.72. The van der Waals surface area contributed by atoms with Crippen LogP contribution < -0.4 is 10.2 Å². The van der Waals surface area contributed by atoms with Gasteiger partial charge in [0.15, 0.2) is 5.60 Å². The topological polar surface area (TPSA) is 110 Å². The van der Waals surface area contributed by atoms with Gasteiger partial charge in [-0.1, -0.05) is 25.0 Å². The molecule has 0 radical (unpaired) electrons. The summed E-state index contributed by atoms with van der Waals surface area (Å²) in [5.41, 5.74) is 1.08. The molecule has 9 nitrogen and oxygen atoms in total. The van der Waals surface area contributed by atoms with Crippen LogP contribution in [0.1, 0.15) is 56.7 Å². The fourth-order valence-electron chi connectivity index (χ4n) is 6.66. The molecular weight excluding hydrogens is 505 g/mol. The Hall–Kier alpha value is -2.63. The standard InChI is InChI=1S/C27H38FN5O4Si/c1-18-25(38(2,3)28)23(11-14-32-17-19(12-15-34)30-31-32)37-27(18)21-16-20(9-10-22(21)29-26(27)36)33-13-7-5-4-6-8-24(33)35/h9-10,16-18,23,25,34H,4-8,11-15H2,1-3H3,(H,29,36)/t18-,23+,25-,27+/m1/s1. The number of hydrogen-bond acceptors (Lipinski definition) is 6. The Balaban J connectivity index is 1.46. The number of halogens is 1. The van der Waals surface area contributed by atoms with Crippen LogP contribution in [0.4, 0.5) is 15.5 Å². The molecule has 1 aromatic carbocycles. The number of ether oxygens (including phenoxy) is 1. The van der Waals surface area contributed by atoms with E-state index in [1.165, 1.54) is 0 Å². The number of nitrogens with one attached hydrogen (secondary N) is 1. The predicted molar refractivity (Wildman–Crippen MR) is 144 cm³/mol. The quantitative estimate of drug-likeness (QED) is 0.405. The van der Waals surface area contributed by atoms with E-state index in [1.54, 1.807) is 24.0 Å². The number of fused-ring (bicyclic) bond motifs is 2. The van der Waals surface area contributed by atoms with Gasteiger partial charge in [-0.15, -0.1) is 5.10 Å². The highest BCUT2D eigenvalue weighted by Gasteiger charge is 2.65. The third kappa shape index (κ3) is 4.80. The average molecular weight is 544 g/mol. The Bertz CT molecular complexity index is 1200. The number of aliphatic hydroxyl groups excluding tert-OH is 1. The number of carbonyl (C=O) groups excluding carboxylic acids is 2. The lowest BCUT2D eigenvalue weighted by molar-refractivity contribution is -0.143. The number of aliphatic hydroxyl groups is 1. The van der Waals surface area contributed by atoms with Crippen LogP contribution in [-0.4, -0.2) is 59.6 Å². The van der Waals surface area contributed by atoms with E-state index in [4.69, 9.17) is 9.84 Å². The molecule has 1 aromatic heterocycles.